The van der Waals surface area contributed by atoms with Crippen LogP contribution in [0.2, 0.25) is 0 Å². The van der Waals surface area contributed by atoms with Crippen molar-refractivity contribution in [3.05, 3.63) is 23.8 Å². The molecule has 0 unspecified atom stereocenters. The minimum absolute atomic E-state index is 0.0533. The van der Waals surface area contributed by atoms with Gasteiger partial charge in [0, 0.05) is 0 Å². The highest BCUT2D eigenvalue weighted by Gasteiger charge is 2.32. The summed E-state index contributed by atoms with van der Waals surface area (Å²) in [6.07, 6.45) is 3.32. The molecule has 2 N–H and O–H groups in total. The summed E-state index contributed by atoms with van der Waals surface area (Å²) in [5.74, 6) is -0.476. The second-order valence-corrected chi connectivity index (χ2v) is 5.09. The number of aliphatic hydroxyl groups is 1. The van der Waals surface area contributed by atoms with Gasteiger partial charge in [0.2, 0.25) is 0 Å². The number of hydrogen-bond acceptors (Lipinski definition) is 4. The Morgan fingerprint density at radius 1 is 1.30 bits per heavy atom. The number of carboxylic acid groups (broad SMARTS) is 1. The lowest BCUT2D eigenvalue weighted by Crippen LogP contribution is -2.32. The van der Waals surface area contributed by atoms with E-state index in [-0.39, 0.29) is 17.9 Å². The molecule has 110 valence electrons. The number of rotatable bonds is 6. The van der Waals surface area contributed by atoms with E-state index in [4.69, 9.17) is 9.47 Å². The lowest BCUT2D eigenvalue weighted by molar-refractivity contribution is 0.0000796. The highest BCUT2D eigenvalue weighted by molar-refractivity contribution is 5.92. The van der Waals surface area contributed by atoms with Crippen LogP contribution in [0.4, 0.5) is 0 Å². The first-order chi connectivity index (χ1) is 9.56. The Hall–Kier alpha value is -1.75. The molecule has 0 atom stereocenters. The zero-order chi connectivity index (χ0) is 14.6. The summed E-state index contributed by atoms with van der Waals surface area (Å²) in [4.78, 5) is 11.3. The number of para-hydroxylation sites is 1. The average molecular weight is 280 g/mol. The van der Waals surface area contributed by atoms with Crippen LogP contribution in [-0.2, 0) is 0 Å². The van der Waals surface area contributed by atoms with Gasteiger partial charge in [-0.1, -0.05) is 18.9 Å². The molecule has 20 heavy (non-hydrogen) atoms. The summed E-state index contributed by atoms with van der Waals surface area (Å²) in [5, 5.41) is 19.5. The molecular formula is C15H20O5. The van der Waals surface area contributed by atoms with E-state index >= 15 is 0 Å². The van der Waals surface area contributed by atoms with E-state index in [0.717, 1.165) is 12.8 Å². The number of ether oxygens (including phenoxy) is 2. The van der Waals surface area contributed by atoms with Crippen LogP contribution in [0.15, 0.2) is 18.2 Å². The highest BCUT2D eigenvalue weighted by atomic mass is 16.5. The maximum Gasteiger partial charge on any atom is 0.339 e. The Bertz CT molecular complexity index is 477. The second kappa shape index (κ2) is 6.13. The van der Waals surface area contributed by atoms with Crippen LogP contribution in [0.5, 0.6) is 11.5 Å². The Balaban J connectivity index is 2.21. The van der Waals surface area contributed by atoms with Gasteiger partial charge in [0.15, 0.2) is 11.5 Å². The molecule has 5 heteroatoms. The van der Waals surface area contributed by atoms with Crippen molar-refractivity contribution in [3.8, 4) is 11.5 Å². The summed E-state index contributed by atoms with van der Waals surface area (Å²) in [6.45, 7) is 2.34. The van der Waals surface area contributed by atoms with Crippen LogP contribution in [0.3, 0.4) is 0 Å². The molecular weight excluding hydrogens is 260 g/mol. The molecule has 0 saturated heterocycles. The maximum absolute atomic E-state index is 11.3. The molecule has 5 nitrogen and oxygen atoms in total. The summed E-state index contributed by atoms with van der Waals surface area (Å²) < 4.78 is 11.0. The number of hydrogen-bond donors (Lipinski definition) is 2. The van der Waals surface area contributed by atoms with Crippen LogP contribution in [0.25, 0.3) is 0 Å². The van der Waals surface area contributed by atoms with Gasteiger partial charge in [0.25, 0.3) is 0 Å². The van der Waals surface area contributed by atoms with E-state index in [2.05, 4.69) is 0 Å². The third-order valence-electron chi connectivity index (χ3n) is 3.53. The zero-order valence-electron chi connectivity index (χ0n) is 11.6. The standard InChI is InChI=1S/C15H20O5/c1-2-19-12-7-5-6-11(14(16)17)13(12)20-10-15(18)8-3-4-9-15/h5-7,18H,2-4,8-10H2,1H3,(H,16,17). The SMILES string of the molecule is CCOc1cccc(C(=O)O)c1OCC1(O)CCCC1. The summed E-state index contributed by atoms with van der Waals surface area (Å²) in [7, 11) is 0. The quantitative estimate of drug-likeness (QED) is 0.837. The van der Waals surface area contributed by atoms with Crippen molar-refractivity contribution in [1.29, 1.82) is 0 Å². The van der Waals surface area contributed by atoms with Gasteiger partial charge in [0.05, 0.1) is 12.2 Å². The maximum atomic E-state index is 11.3. The van der Waals surface area contributed by atoms with E-state index in [0.29, 0.717) is 25.2 Å². The molecule has 1 aliphatic rings. The fraction of sp³-hybridized carbons (Fsp3) is 0.533. The molecule has 1 saturated carbocycles. The number of aromatic carboxylic acids is 1. The van der Waals surface area contributed by atoms with Gasteiger partial charge in [-0.2, -0.15) is 0 Å². The normalized spacial score (nSPS) is 16.9. The predicted molar refractivity (Wildman–Crippen MR) is 73.5 cm³/mol. The van der Waals surface area contributed by atoms with Crippen molar-refractivity contribution in [2.45, 2.75) is 38.2 Å². The van der Waals surface area contributed by atoms with E-state index in [1.165, 1.54) is 6.07 Å². The molecule has 0 bridgehead atoms. The van der Waals surface area contributed by atoms with E-state index < -0.39 is 11.6 Å². The van der Waals surface area contributed by atoms with E-state index in [1.807, 2.05) is 6.92 Å². The molecule has 1 fully saturated rings. The third-order valence-corrected chi connectivity index (χ3v) is 3.53. The summed E-state index contributed by atoms with van der Waals surface area (Å²) >= 11 is 0. The fourth-order valence-corrected chi connectivity index (χ4v) is 2.49. The van der Waals surface area contributed by atoms with Crippen molar-refractivity contribution >= 4 is 5.97 Å². The van der Waals surface area contributed by atoms with Gasteiger partial charge in [-0.05, 0) is 31.9 Å². The van der Waals surface area contributed by atoms with Crippen LogP contribution in [0.1, 0.15) is 43.0 Å². The smallest absolute Gasteiger partial charge is 0.339 e. The Morgan fingerprint density at radius 2 is 2.00 bits per heavy atom. The Kier molecular flexibility index (Phi) is 4.49. The van der Waals surface area contributed by atoms with Crippen molar-refractivity contribution in [2.75, 3.05) is 13.2 Å². The van der Waals surface area contributed by atoms with Crippen LogP contribution < -0.4 is 9.47 Å². The summed E-state index contributed by atoms with van der Waals surface area (Å²) in [5.41, 5.74) is -0.799. The molecule has 1 aliphatic carbocycles. The lowest BCUT2D eigenvalue weighted by atomic mass is 10.0. The van der Waals surface area contributed by atoms with Gasteiger partial charge < -0.3 is 19.7 Å². The molecule has 1 aromatic rings. The molecule has 1 aromatic carbocycles. The van der Waals surface area contributed by atoms with Crippen molar-refractivity contribution < 1.29 is 24.5 Å². The first-order valence-corrected chi connectivity index (χ1v) is 6.90. The van der Waals surface area contributed by atoms with Gasteiger partial charge >= 0.3 is 5.97 Å². The first kappa shape index (κ1) is 14.7. The minimum atomic E-state index is -1.07. The Morgan fingerprint density at radius 3 is 2.60 bits per heavy atom. The van der Waals surface area contributed by atoms with Gasteiger partial charge in [-0.25, -0.2) is 4.79 Å². The molecule has 0 heterocycles. The number of carbonyl (C=O) groups is 1. The van der Waals surface area contributed by atoms with E-state index in [1.54, 1.807) is 12.1 Å². The van der Waals surface area contributed by atoms with Crippen LogP contribution in [-0.4, -0.2) is 35.0 Å². The van der Waals surface area contributed by atoms with Crippen molar-refractivity contribution in [2.24, 2.45) is 0 Å². The number of carboxylic acids is 1. The fourth-order valence-electron chi connectivity index (χ4n) is 2.49. The van der Waals surface area contributed by atoms with Crippen LogP contribution in [0, 0.1) is 0 Å². The summed E-state index contributed by atoms with van der Waals surface area (Å²) in [6, 6.07) is 4.76. The molecule has 0 spiro atoms. The van der Waals surface area contributed by atoms with Crippen molar-refractivity contribution in [1.82, 2.24) is 0 Å². The van der Waals surface area contributed by atoms with Crippen molar-refractivity contribution in [3.63, 3.8) is 0 Å². The van der Waals surface area contributed by atoms with Gasteiger partial charge in [-0.3, -0.25) is 0 Å². The lowest BCUT2D eigenvalue weighted by Gasteiger charge is -2.23. The average Bonchev–Trinajstić information content (AvgIpc) is 2.84. The van der Waals surface area contributed by atoms with Gasteiger partial charge in [0.1, 0.15) is 12.2 Å². The molecule has 0 aromatic heterocycles. The molecule has 0 amide bonds. The van der Waals surface area contributed by atoms with Crippen LogP contribution >= 0.6 is 0 Å². The highest BCUT2D eigenvalue weighted by Crippen LogP contribution is 2.35. The first-order valence-electron chi connectivity index (χ1n) is 6.90. The minimum Gasteiger partial charge on any atom is -0.490 e. The third kappa shape index (κ3) is 3.22. The topological polar surface area (TPSA) is 76.0 Å². The largest absolute Gasteiger partial charge is 0.490 e. The predicted octanol–water partition coefficient (Wildman–Crippen LogP) is 2.47. The van der Waals surface area contributed by atoms with E-state index in [9.17, 15) is 15.0 Å². The molecule has 0 radical (unpaired) electrons. The molecule has 2 rings (SSSR count). The Labute approximate surface area is 118 Å². The van der Waals surface area contributed by atoms with Gasteiger partial charge in [-0.15, -0.1) is 0 Å². The molecule has 0 aliphatic heterocycles. The second-order valence-electron chi connectivity index (χ2n) is 5.09. The monoisotopic (exact) mass is 280 g/mol. The number of benzene rings is 1. The zero-order valence-corrected chi connectivity index (χ0v) is 11.6.